The zero-order valence-electron chi connectivity index (χ0n) is 16.7. The van der Waals surface area contributed by atoms with Gasteiger partial charge in [0.2, 0.25) is 0 Å². The lowest BCUT2D eigenvalue weighted by molar-refractivity contribution is -0.155. The second-order valence-corrected chi connectivity index (χ2v) is 7.88. The largest absolute Gasteiger partial charge is 0.444 e. The number of carbonyl (C=O) groups is 2. The van der Waals surface area contributed by atoms with E-state index in [1.807, 2.05) is 51.1 Å². The van der Waals surface area contributed by atoms with Crippen molar-refractivity contribution < 1.29 is 19.2 Å². The molecule has 0 aliphatic heterocycles. The van der Waals surface area contributed by atoms with Crippen molar-refractivity contribution in [3.63, 3.8) is 0 Å². The van der Waals surface area contributed by atoms with Gasteiger partial charge in [-0.15, -0.1) is 0 Å². The zero-order valence-corrected chi connectivity index (χ0v) is 16.7. The summed E-state index contributed by atoms with van der Waals surface area (Å²) in [6.07, 6.45) is 0.492. The zero-order chi connectivity index (χ0) is 20.0. The average Bonchev–Trinajstić information content (AvgIpc) is 2.56. The van der Waals surface area contributed by atoms with Gasteiger partial charge in [0.15, 0.2) is 0 Å². The number of hydrogen-bond acceptors (Lipinski definition) is 5. The van der Waals surface area contributed by atoms with E-state index < -0.39 is 23.2 Å². The molecule has 0 bridgehead atoms. The summed E-state index contributed by atoms with van der Waals surface area (Å²) in [6, 6.07) is 9.88. The van der Waals surface area contributed by atoms with E-state index in [9.17, 15) is 9.59 Å². The summed E-state index contributed by atoms with van der Waals surface area (Å²) in [6.45, 7) is 11.1. The SMILES string of the molecule is CCC(CC(NC(=O)OC(C)(C)C)(C(=O)ON)C(C)C)c1ccccc1. The lowest BCUT2D eigenvalue weighted by atomic mass is 9.76. The van der Waals surface area contributed by atoms with Crippen LogP contribution in [0.25, 0.3) is 0 Å². The molecule has 0 aromatic heterocycles. The van der Waals surface area contributed by atoms with Crippen molar-refractivity contribution in [3.8, 4) is 0 Å². The van der Waals surface area contributed by atoms with Gasteiger partial charge in [0.25, 0.3) is 0 Å². The molecule has 2 atom stereocenters. The van der Waals surface area contributed by atoms with E-state index in [1.54, 1.807) is 20.8 Å². The molecule has 0 radical (unpaired) electrons. The van der Waals surface area contributed by atoms with Crippen molar-refractivity contribution >= 4 is 12.1 Å². The summed E-state index contributed by atoms with van der Waals surface area (Å²) >= 11 is 0. The summed E-state index contributed by atoms with van der Waals surface area (Å²) in [7, 11) is 0. The van der Waals surface area contributed by atoms with Crippen LogP contribution in [-0.2, 0) is 14.4 Å². The molecule has 1 rings (SSSR count). The van der Waals surface area contributed by atoms with Crippen LogP contribution in [-0.4, -0.2) is 23.2 Å². The van der Waals surface area contributed by atoms with Crippen molar-refractivity contribution in [2.24, 2.45) is 11.8 Å². The maximum Gasteiger partial charge on any atom is 0.408 e. The summed E-state index contributed by atoms with van der Waals surface area (Å²) in [5.74, 6) is 4.34. The van der Waals surface area contributed by atoms with Crippen LogP contribution in [0.1, 0.15) is 65.9 Å². The van der Waals surface area contributed by atoms with Gasteiger partial charge in [-0.1, -0.05) is 51.1 Å². The van der Waals surface area contributed by atoms with Gasteiger partial charge < -0.3 is 14.9 Å². The molecule has 0 saturated carbocycles. The Kier molecular flexibility index (Phi) is 7.63. The smallest absolute Gasteiger partial charge is 0.408 e. The van der Waals surface area contributed by atoms with E-state index in [1.165, 1.54) is 0 Å². The van der Waals surface area contributed by atoms with Crippen LogP contribution in [0.5, 0.6) is 0 Å². The number of nitrogens with two attached hydrogens (primary N) is 1. The Balaban J connectivity index is 3.22. The fraction of sp³-hybridized carbons (Fsp3) is 0.600. The van der Waals surface area contributed by atoms with Gasteiger partial charge in [0, 0.05) is 0 Å². The molecule has 0 aliphatic rings. The lowest BCUT2D eigenvalue weighted by Gasteiger charge is -2.38. The molecule has 146 valence electrons. The van der Waals surface area contributed by atoms with Crippen LogP contribution < -0.4 is 11.2 Å². The van der Waals surface area contributed by atoms with Gasteiger partial charge in [-0.3, -0.25) is 0 Å². The molecule has 1 amide bonds. The molecule has 0 saturated heterocycles. The third-order valence-electron chi connectivity index (χ3n) is 4.51. The third-order valence-corrected chi connectivity index (χ3v) is 4.51. The van der Waals surface area contributed by atoms with Gasteiger partial charge >= 0.3 is 12.1 Å². The van der Waals surface area contributed by atoms with E-state index in [-0.39, 0.29) is 11.8 Å². The molecule has 2 unspecified atom stereocenters. The van der Waals surface area contributed by atoms with Crippen molar-refractivity contribution in [2.75, 3.05) is 0 Å². The number of benzene rings is 1. The lowest BCUT2D eigenvalue weighted by Crippen LogP contribution is -2.60. The minimum atomic E-state index is -1.28. The van der Waals surface area contributed by atoms with Crippen molar-refractivity contribution in [3.05, 3.63) is 35.9 Å². The Morgan fingerprint density at radius 2 is 1.73 bits per heavy atom. The number of alkyl carbamates (subject to hydrolysis) is 1. The average molecular weight is 364 g/mol. The number of nitrogens with one attached hydrogen (secondary N) is 1. The molecule has 1 aromatic carbocycles. The number of carbonyl (C=O) groups excluding carboxylic acids is 2. The summed E-state index contributed by atoms with van der Waals surface area (Å²) in [5, 5.41) is 2.76. The van der Waals surface area contributed by atoms with Crippen LogP contribution in [0.2, 0.25) is 0 Å². The third kappa shape index (κ3) is 5.73. The maximum absolute atomic E-state index is 12.6. The van der Waals surface area contributed by atoms with Gasteiger partial charge in [-0.05, 0) is 51.0 Å². The second-order valence-electron chi connectivity index (χ2n) is 7.88. The first-order valence-corrected chi connectivity index (χ1v) is 9.03. The van der Waals surface area contributed by atoms with Crippen molar-refractivity contribution in [1.29, 1.82) is 0 Å². The Labute approximate surface area is 156 Å². The van der Waals surface area contributed by atoms with Crippen LogP contribution in [0.3, 0.4) is 0 Å². The van der Waals surface area contributed by atoms with Crippen LogP contribution in [0.4, 0.5) is 4.79 Å². The molecule has 0 fully saturated rings. The van der Waals surface area contributed by atoms with E-state index in [4.69, 9.17) is 10.6 Å². The van der Waals surface area contributed by atoms with Crippen LogP contribution >= 0.6 is 0 Å². The molecule has 3 N–H and O–H groups in total. The van der Waals surface area contributed by atoms with E-state index in [2.05, 4.69) is 10.2 Å². The highest BCUT2D eigenvalue weighted by Gasteiger charge is 2.47. The highest BCUT2D eigenvalue weighted by Crippen LogP contribution is 2.34. The molecule has 6 nitrogen and oxygen atoms in total. The van der Waals surface area contributed by atoms with E-state index in [0.717, 1.165) is 12.0 Å². The molecular formula is C20H32N2O4. The molecule has 1 aromatic rings. The van der Waals surface area contributed by atoms with Gasteiger partial charge in [0.05, 0.1) is 0 Å². The fourth-order valence-electron chi connectivity index (χ4n) is 3.00. The normalized spacial score (nSPS) is 15.1. The number of ether oxygens (including phenoxy) is 1. The Hall–Kier alpha value is -2.08. The minimum absolute atomic E-state index is 0.0487. The number of amides is 1. The Bertz CT molecular complexity index is 596. The first-order valence-electron chi connectivity index (χ1n) is 9.03. The Morgan fingerprint density at radius 3 is 2.15 bits per heavy atom. The van der Waals surface area contributed by atoms with Gasteiger partial charge in [0.1, 0.15) is 11.1 Å². The van der Waals surface area contributed by atoms with Gasteiger partial charge in [-0.2, -0.15) is 5.90 Å². The monoisotopic (exact) mass is 364 g/mol. The molecule has 6 heteroatoms. The maximum atomic E-state index is 12.6. The fourth-order valence-corrected chi connectivity index (χ4v) is 3.00. The van der Waals surface area contributed by atoms with E-state index >= 15 is 0 Å². The highest BCUT2D eigenvalue weighted by atomic mass is 16.7. The summed E-state index contributed by atoms with van der Waals surface area (Å²) in [4.78, 5) is 29.6. The second kappa shape index (κ2) is 9.03. The predicted molar refractivity (Wildman–Crippen MR) is 101 cm³/mol. The molecule has 0 spiro atoms. The molecular weight excluding hydrogens is 332 g/mol. The topological polar surface area (TPSA) is 90.6 Å². The predicted octanol–water partition coefficient (Wildman–Crippen LogP) is 3.91. The molecule has 26 heavy (non-hydrogen) atoms. The van der Waals surface area contributed by atoms with Crippen LogP contribution in [0, 0.1) is 5.92 Å². The number of rotatable bonds is 7. The minimum Gasteiger partial charge on any atom is -0.444 e. The van der Waals surface area contributed by atoms with E-state index in [0.29, 0.717) is 6.42 Å². The standard InChI is InChI=1S/C20H32N2O4/c1-7-15(16-11-9-8-10-12-16)13-20(14(2)3,17(23)26-21)22-18(24)25-19(4,5)6/h8-12,14-15H,7,13,21H2,1-6H3,(H,22,24). The van der Waals surface area contributed by atoms with Crippen molar-refractivity contribution in [1.82, 2.24) is 5.32 Å². The van der Waals surface area contributed by atoms with Gasteiger partial charge in [-0.25, -0.2) is 9.59 Å². The Morgan fingerprint density at radius 1 is 1.15 bits per heavy atom. The summed E-state index contributed by atoms with van der Waals surface area (Å²) in [5.41, 5.74) is -0.868. The molecule has 0 heterocycles. The first-order chi connectivity index (χ1) is 12.1. The quantitative estimate of drug-likeness (QED) is 0.716. The summed E-state index contributed by atoms with van der Waals surface area (Å²) < 4.78 is 5.36. The van der Waals surface area contributed by atoms with Crippen molar-refractivity contribution in [2.45, 2.75) is 71.4 Å². The number of hydrogen-bond donors (Lipinski definition) is 2. The highest BCUT2D eigenvalue weighted by molar-refractivity contribution is 5.86. The molecule has 0 aliphatic carbocycles. The first kappa shape index (κ1) is 22.0. The van der Waals surface area contributed by atoms with Crippen LogP contribution in [0.15, 0.2) is 30.3 Å².